The van der Waals surface area contributed by atoms with E-state index in [1.54, 1.807) is 7.11 Å². The van der Waals surface area contributed by atoms with Crippen LogP contribution in [0, 0.1) is 0 Å². The molecule has 0 atom stereocenters. The zero-order valence-corrected chi connectivity index (χ0v) is 13.8. The minimum atomic E-state index is 0.161. The van der Waals surface area contributed by atoms with Gasteiger partial charge < -0.3 is 9.47 Å². The molecule has 0 radical (unpaired) electrons. The summed E-state index contributed by atoms with van der Waals surface area (Å²) in [7, 11) is 1.71. The number of hydrogen-bond acceptors (Lipinski definition) is 2. The third kappa shape index (κ3) is 5.07. The van der Waals surface area contributed by atoms with Gasteiger partial charge in [-0.1, -0.05) is 46.5 Å². The molecule has 2 nitrogen and oxygen atoms in total. The Morgan fingerprint density at radius 1 is 0.950 bits per heavy atom. The van der Waals surface area contributed by atoms with E-state index in [1.165, 1.54) is 37.7 Å². The van der Waals surface area contributed by atoms with Crippen LogP contribution in [0.25, 0.3) is 0 Å². The van der Waals surface area contributed by atoms with Gasteiger partial charge >= 0.3 is 0 Å². The van der Waals surface area contributed by atoms with Gasteiger partial charge in [0.05, 0.1) is 13.7 Å². The van der Waals surface area contributed by atoms with Crippen LogP contribution in [0.1, 0.15) is 65.4 Å². The van der Waals surface area contributed by atoms with Gasteiger partial charge in [-0.2, -0.15) is 0 Å². The van der Waals surface area contributed by atoms with Crippen LogP contribution in [0.2, 0.25) is 0 Å². The second-order valence-electron chi connectivity index (χ2n) is 6.02. The van der Waals surface area contributed by atoms with E-state index in [4.69, 9.17) is 9.47 Å². The van der Waals surface area contributed by atoms with E-state index in [1.807, 2.05) is 13.0 Å². The number of rotatable bonds is 9. The molecule has 0 N–H and O–H groups in total. The van der Waals surface area contributed by atoms with Crippen molar-refractivity contribution in [1.29, 1.82) is 0 Å². The Labute approximate surface area is 124 Å². The summed E-state index contributed by atoms with van der Waals surface area (Å²) in [6.45, 7) is 9.56. The lowest BCUT2D eigenvalue weighted by atomic mass is 9.80. The fourth-order valence-electron chi connectivity index (χ4n) is 2.47. The normalized spacial score (nSPS) is 11.4. The molecule has 0 aliphatic rings. The molecule has 1 aromatic rings. The van der Waals surface area contributed by atoms with Gasteiger partial charge in [0.25, 0.3) is 0 Å². The second-order valence-corrected chi connectivity index (χ2v) is 6.02. The zero-order valence-electron chi connectivity index (χ0n) is 13.8. The molecule has 1 rings (SSSR count). The molecule has 0 amide bonds. The van der Waals surface area contributed by atoms with Gasteiger partial charge in [0.15, 0.2) is 0 Å². The van der Waals surface area contributed by atoms with Crippen molar-refractivity contribution in [2.75, 3.05) is 13.7 Å². The number of unbranched alkanes of at least 4 members (excludes halogenated alkanes) is 3. The van der Waals surface area contributed by atoms with Gasteiger partial charge in [-0.25, -0.2) is 0 Å². The molecule has 0 heterocycles. The maximum Gasteiger partial charge on any atom is 0.123 e. The Morgan fingerprint density at radius 3 is 2.25 bits per heavy atom. The van der Waals surface area contributed by atoms with Crippen molar-refractivity contribution in [2.45, 2.75) is 65.2 Å². The average Bonchev–Trinajstić information content (AvgIpc) is 2.43. The largest absolute Gasteiger partial charge is 0.497 e. The highest BCUT2D eigenvalue weighted by molar-refractivity contribution is 5.41. The van der Waals surface area contributed by atoms with Crippen LogP contribution in [0.5, 0.6) is 11.5 Å². The fourth-order valence-corrected chi connectivity index (χ4v) is 2.47. The minimum absolute atomic E-state index is 0.161. The Morgan fingerprint density at radius 2 is 1.65 bits per heavy atom. The van der Waals surface area contributed by atoms with E-state index < -0.39 is 0 Å². The topological polar surface area (TPSA) is 18.5 Å². The maximum atomic E-state index is 5.65. The van der Waals surface area contributed by atoms with Crippen LogP contribution < -0.4 is 9.47 Å². The van der Waals surface area contributed by atoms with Crippen LogP contribution in [0.4, 0.5) is 0 Å². The van der Waals surface area contributed by atoms with Crippen molar-refractivity contribution in [3.63, 3.8) is 0 Å². The number of ether oxygens (including phenoxy) is 2. The lowest BCUT2D eigenvalue weighted by Crippen LogP contribution is -2.17. The smallest absolute Gasteiger partial charge is 0.123 e. The predicted molar refractivity (Wildman–Crippen MR) is 85.9 cm³/mol. The first-order valence-corrected chi connectivity index (χ1v) is 7.85. The Bertz CT molecular complexity index is 396. The van der Waals surface area contributed by atoms with E-state index in [0.29, 0.717) is 6.61 Å². The Hall–Kier alpha value is -1.18. The third-order valence-corrected chi connectivity index (χ3v) is 3.86. The molecular formula is C18H30O2. The molecule has 2 heteroatoms. The molecule has 20 heavy (non-hydrogen) atoms. The van der Waals surface area contributed by atoms with Crippen LogP contribution in [-0.2, 0) is 5.41 Å². The van der Waals surface area contributed by atoms with Crippen molar-refractivity contribution in [2.24, 2.45) is 0 Å². The summed E-state index contributed by atoms with van der Waals surface area (Å²) in [6.07, 6.45) is 6.42. The summed E-state index contributed by atoms with van der Waals surface area (Å²) in [4.78, 5) is 0. The van der Waals surface area contributed by atoms with E-state index in [9.17, 15) is 0 Å². The van der Waals surface area contributed by atoms with Crippen molar-refractivity contribution < 1.29 is 9.47 Å². The van der Waals surface area contributed by atoms with Crippen LogP contribution in [0.3, 0.4) is 0 Å². The van der Waals surface area contributed by atoms with Crippen LogP contribution >= 0.6 is 0 Å². The van der Waals surface area contributed by atoms with Crippen LogP contribution in [-0.4, -0.2) is 13.7 Å². The zero-order chi connectivity index (χ0) is 15.0. The van der Waals surface area contributed by atoms with E-state index in [0.717, 1.165) is 11.5 Å². The molecule has 1 aromatic carbocycles. The van der Waals surface area contributed by atoms with Crippen molar-refractivity contribution in [3.05, 3.63) is 23.8 Å². The third-order valence-electron chi connectivity index (χ3n) is 3.86. The fraction of sp³-hybridized carbons (Fsp3) is 0.667. The van der Waals surface area contributed by atoms with Crippen molar-refractivity contribution in [1.82, 2.24) is 0 Å². The van der Waals surface area contributed by atoms with E-state index >= 15 is 0 Å². The summed E-state index contributed by atoms with van der Waals surface area (Å²) >= 11 is 0. The van der Waals surface area contributed by atoms with Gasteiger partial charge in [-0.15, -0.1) is 0 Å². The van der Waals surface area contributed by atoms with Crippen molar-refractivity contribution >= 4 is 0 Å². The first kappa shape index (κ1) is 16.9. The molecule has 0 aliphatic carbocycles. The van der Waals surface area contributed by atoms with Gasteiger partial charge in [0, 0.05) is 6.07 Å². The van der Waals surface area contributed by atoms with Gasteiger partial charge in [0.1, 0.15) is 11.5 Å². The molecule has 0 saturated carbocycles. The molecule has 0 saturated heterocycles. The summed E-state index contributed by atoms with van der Waals surface area (Å²) in [5, 5.41) is 0. The van der Waals surface area contributed by atoms with E-state index in [-0.39, 0.29) is 5.41 Å². The minimum Gasteiger partial charge on any atom is -0.497 e. The van der Waals surface area contributed by atoms with Crippen molar-refractivity contribution in [3.8, 4) is 11.5 Å². The predicted octanol–water partition coefficient (Wildman–Crippen LogP) is 5.34. The summed E-state index contributed by atoms with van der Waals surface area (Å²) in [5.41, 5.74) is 1.46. The monoisotopic (exact) mass is 278 g/mol. The van der Waals surface area contributed by atoms with Crippen LogP contribution in [0.15, 0.2) is 18.2 Å². The number of methoxy groups -OCH3 is 1. The number of hydrogen-bond donors (Lipinski definition) is 0. The average molecular weight is 278 g/mol. The molecule has 0 bridgehead atoms. The first-order valence-electron chi connectivity index (χ1n) is 7.85. The Balaban J connectivity index is 2.83. The highest BCUT2D eigenvalue weighted by Crippen LogP contribution is 2.34. The molecule has 0 aliphatic heterocycles. The van der Waals surface area contributed by atoms with E-state index in [2.05, 4.69) is 32.9 Å². The highest BCUT2D eigenvalue weighted by Gasteiger charge is 2.21. The van der Waals surface area contributed by atoms with Gasteiger partial charge in [-0.05, 0) is 36.5 Å². The SMILES string of the molecule is CCCCCCC(C)(C)c1cc(OC)cc(OCC)c1. The standard InChI is InChI=1S/C18H30O2/c1-6-8-9-10-11-18(3,4)15-12-16(19-5)14-17(13-15)20-7-2/h12-14H,6-11H2,1-5H3. The first-order chi connectivity index (χ1) is 9.53. The summed E-state index contributed by atoms with van der Waals surface area (Å²) in [5.74, 6) is 1.79. The lowest BCUT2D eigenvalue weighted by molar-refractivity contribution is 0.333. The molecule has 0 spiro atoms. The summed E-state index contributed by atoms with van der Waals surface area (Å²) < 4.78 is 11.0. The highest BCUT2D eigenvalue weighted by atomic mass is 16.5. The summed E-state index contributed by atoms with van der Waals surface area (Å²) in [6, 6.07) is 6.26. The van der Waals surface area contributed by atoms with Gasteiger partial charge in [-0.3, -0.25) is 0 Å². The molecule has 0 unspecified atom stereocenters. The van der Waals surface area contributed by atoms with Gasteiger partial charge in [0.2, 0.25) is 0 Å². The molecule has 0 fully saturated rings. The quantitative estimate of drug-likeness (QED) is 0.567. The maximum absolute atomic E-state index is 5.65. The lowest BCUT2D eigenvalue weighted by Gasteiger charge is -2.26. The molecule has 0 aromatic heterocycles. The molecule has 114 valence electrons. The molecular weight excluding hydrogens is 248 g/mol. The Kier molecular flexibility index (Phi) is 6.90. The number of benzene rings is 1. The second kappa shape index (κ2) is 8.18.